The predicted octanol–water partition coefficient (Wildman–Crippen LogP) is 1.88. The Hall–Kier alpha value is -2.04. The molecule has 0 saturated heterocycles. The van der Waals surface area contributed by atoms with E-state index in [9.17, 15) is 13.6 Å². The first-order valence-electron chi connectivity index (χ1n) is 5.05. The molecule has 0 fully saturated rings. The van der Waals surface area contributed by atoms with E-state index in [0.29, 0.717) is 5.69 Å². The summed E-state index contributed by atoms with van der Waals surface area (Å²) < 4.78 is 27.9. The molecule has 2 rings (SSSR count). The highest BCUT2D eigenvalue weighted by molar-refractivity contribution is 5.20. The van der Waals surface area contributed by atoms with E-state index < -0.39 is 17.3 Å². The zero-order valence-electron chi connectivity index (χ0n) is 9.15. The highest BCUT2D eigenvalue weighted by atomic mass is 19.1. The lowest BCUT2D eigenvalue weighted by Crippen LogP contribution is -2.24. The summed E-state index contributed by atoms with van der Waals surface area (Å²) in [5, 5.41) is 0. The van der Waals surface area contributed by atoms with Gasteiger partial charge in [0.05, 0.1) is 6.54 Å². The van der Waals surface area contributed by atoms with Crippen LogP contribution in [0.1, 0.15) is 11.3 Å². The van der Waals surface area contributed by atoms with Crippen molar-refractivity contribution in [2.45, 2.75) is 13.5 Å². The van der Waals surface area contributed by atoms with E-state index in [1.54, 1.807) is 13.0 Å². The van der Waals surface area contributed by atoms with Crippen LogP contribution in [0.3, 0.4) is 0 Å². The molecule has 0 radical (unpaired) electrons. The van der Waals surface area contributed by atoms with Crippen LogP contribution in [-0.2, 0) is 6.54 Å². The van der Waals surface area contributed by atoms with E-state index in [0.717, 1.165) is 16.7 Å². The maximum Gasteiger partial charge on any atom is 0.348 e. The monoisotopic (exact) mass is 236 g/mol. The van der Waals surface area contributed by atoms with E-state index in [2.05, 4.69) is 4.98 Å². The first-order valence-corrected chi connectivity index (χ1v) is 5.05. The fourth-order valence-electron chi connectivity index (χ4n) is 1.49. The molecular weight excluding hydrogens is 226 g/mol. The number of aromatic nitrogens is 2. The van der Waals surface area contributed by atoms with Crippen LogP contribution in [-0.4, -0.2) is 9.55 Å². The first-order chi connectivity index (χ1) is 8.08. The van der Waals surface area contributed by atoms with Gasteiger partial charge in [-0.25, -0.2) is 13.6 Å². The summed E-state index contributed by atoms with van der Waals surface area (Å²) in [6.07, 6.45) is 1.47. The first kappa shape index (κ1) is 11.4. The Morgan fingerprint density at radius 1 is 1.24 bits per heavy atom. The Morgan fingerprint density at radius 2 is 1.88 bits per heavy atom. The maximum absolute atomic E-state index is 13.4. The molecular formula is C12H10F2N2O. The molecule has 88 valence electrons. The average molecular weight is 236 g/mol. The maximum atomic E-state index is 13.4. The molecule has 0 aliphatic heterocycles. The minimum atomic E-state index is -0.669. The van der Waals surface area contributed by atoms with Crippen molar-refractivity contribution in [3.05, 3.63) is 63.8 Å². The molecule has 0 saturated carbocycles. The Balaban J connectivity index is 2.42. The smallest absolute Gasteiger partial charge is 0.295 e. The standard InChI is InChI=1S/C12H10F2N2O/c1-8-5-6-16(12(17)15-8)7-9-10(13)3-2-4-11(9)14/h2-6H,7H2,1H3. The topological polar surface area (TPSA) is 34.9 Å². The van der Waals surface area contributed by atoms with E-state index >= 15 is 0 Å². The molecule has 0 unspecified atom stereocenters. The molecule has 0 atom stereocenters. The molecule has 2 aromatic rings. The van der Waals surface area contributed by atoms with Crippen molar-refractivity contribution in [2.24, 2.45) is 0 Å². The molecule has 1 heterocycles. The molecule has 1 aromatic carbocycles. The number of aryl methyl sites for hydroxylation is 1. The van der Waals surface area contributed by atoms with Crippen LogP contribution >= 0.6 is 0 Å². The lowest BCUT2D eigenvalue weighted by atomic mass is 10.2. The molecule has 5 heteroatoms. The molecule has 1 aromatic heterocycles. The van der Waals surface area contributed by atoms with Crippen LogP contribution in [0.25, 0.3) is 0 Å². The fourth-order valence-corrected chi connectivity index (χ4v) is 1.49. The Kier molecular flexibility index (Phi) is 2.99. The minimum Gasteiger partial charge on any atom is -0.295 e. The van der Waals surface area contributed by atoms with Gasteiger partial charge in [0.25, 0.3) is 0 Å². The quantitative estimate of drug-likeness (QED) is 0.798. The van der Waals surface area contributed by atoms with Gasteiger partial charge in [0, 0.05) is 17.5 Å². The lowest BCUT2D eigenvalue weighted by Gasteiger charge is -2.07. The summed E-state index contributed by atoms with van der Waals surface area (Å²) in [4.78, 5) is 15.2. The van der Waals surface area contributed by atoms with Gasteiger partial charge >= 0.3 is 5.69 Å². The molecule has 0 spiro atoms. The van der Waals surface area contributed by atoms with Crippen LogP contribution in [0.4, 0.5) is 8.78 Å². The zero-order chi connectivity index (χ0) is 12.4. The number of rotatable bonds is 2. The molecule has 0 N–H and O–H groups in total. The van der Waals surface area contributed by atoms with E-state index in [-0.39, 0.29) is 12.1 Å². The summed E-state index contributed by atoms with van der Waals surface area (Å²) in [7, 11) is 0. The van der Waals surface area contributed by atoms with Crippen molar-refractivity contribution in [2.75, 3.05) is 0 Å². The third kappa shape index (κ3) is 2.38. The Bertz CT molecular complexity index is 587. The van der Waals surface area contributed by atoms with Crippen LogP contribution in [0.5, 0.6) is 0 Å². The van der Waals surface area contributed by atoms with Gasteiger partial charge in [-0.05, 0) is 25.1 Å². The number of halogens is 2. The predicted molar refractivity (Wildman–Crippen MR) is 58.7 cm³/mol. The SMILES string of the molecule is Cc1ccn(Cc2c(F)cccc2F)c(=O)n1. The fraction of sp³-hybridized carbons (Fsp3) is 0.167. The van der Waals surface area contributed by atoms with Crippen molar-refractivity contribution < 1.29 is 8.78 Å². The summed E-state index contributed by atoms with van der Waals surface area (Å²) in [6, 6.07) is 5.21. The normalized spacial score (nSPS) is 10.5. The van der Waals surface area contributed by atoms with Gasteiger partial charge in [0.2, 0.25) is 0 Å². The number of hydrogen-bond donors (Lipinski definition) is 0. The van der Waals surface area contributed by atoms with Crippen molar-refractivity contribution in [1.29, 1.82) is 0 Å². The lowest BCUT2D eigenvalue weighted by molar-refractivity contribution is 0.539. The van der Waals surface area contributed by atoms with Crippen molar-refractivity contribution in [1.82, 2.24) is 9.55 Å². The van der Waals surface area contributed by atoms with Gasteiger partial charge in [-0.3, -0.25) is 4.57 Å². The average Bonchev–Trinajstić information content (AvgIpc) is 2.26. The molecule has 0 amide bonds. The van der Waals surface area contributed by atoms with Crippen molar-refractivity contribution >= 4 is 0 Å². The second-order valence-corrected chi connectivity index (χ2v) is 3.68. The summed E-state index contributed by atoms with van der Waals surface area (Å²) in [5.74, 6) is -1.34. The molecule has 3 nitrogen and oxygen atoms in total. The van der Waals surface area contributed by atoms with Gasteiger partial charge in [-0.2, -0.15) is 4.98 Å². The summed E-state index contributed by atoms with van der Waals surface area (Å²) in [5.41, 5.74) is -0.0897. The number of benzene rings is 1. The molecule has 17 heavy (non-hydrogen) atoms. The van der Waals surface area contributed by atoms with Crippen LogP contribution in [0, 0.1) is 18.6 Å². The third-order valence-electron chi connectivity index (χ3n) is 2.40. The summed E-state index contributed by atoms with van der Waals surface area (Å²) >= 11 is 0. The van der Waals surface area contributed by atoms with Gasteiger partial charge in [0.1, 0.15) is 11.6 Å². The van der Waals surface area contributed by atoms with Crippen LogP contribution < -0.4 is 5.69 Å². The number of nitrogens with zero attached hydrogens (tertiary/aromatic N) is 2. The van der Waals surface area contributed by atoms with E-state index in [1.807, 2.05) is 0 Å². The third-order valence-corrected chi connectivity index (χ3v) is 2.40. The Labute approximate surface area is 96.4 Å². The van der Waals surface area contributed by atoms with Gasteiger partial charge < -0.3 is 0 Å². The molecule has 0 aliphatic rings. The number of hydrogen-bond acceptors (Lipinski definition) is 2. The largest absolute Gasteiger partial charge is 0.348 e. The Morgan fingerprint density at radius 3 is 2.47 bits per heavy atom. The van der Waals surface area contributed by atoms with Crippen molar-refractivity contribution in [3.8, 4) is 0 Å². The van der Waals surface area contributed by atoms with Crippen LogP contribution in [0.15, 0.2) is 35.3 Å². The molecule has 0 bridgehead atoms. The molecule has 0 aliphatic carbocycles. The second kappa shape index (κ2) is 4.45. The highest BCUT2D eigenvalue weighted by Crippen LogP contribution is 2.12. The van der Waals surface area contributed by atoms with Crippen LogP contribution in [0.2, 0.25) is 0 Å². The van der Waals surface area contributed by atoms with Gasteiger partial charge in [-0.1, -0.05) is 6.07 Å². The van der Waals surface area contributed by atoms with E-state index in [1.165, 1.54) is 12.3 Å². The van der Waals surface area contributed by atoms with Gasteiger partial charge in [0.15, 0.2) is 0 Å². The highest BCUT2D eigenvalue weighted by Gasteiger charge is 2.09. The minimum absolute atomic E-state index is 0.139. The summed E-state index contributed by atoms with van der Waals surface area (Å²) in [6.45, 7) is 1.51. The van der Waals surface area contributed by atoms with Crippen molar-refractivity contribution in [3.63, 3.8) is 0 Å². The second-order valence-electron chi connectivity index (χ2n) is 3.68. The van der Waals surface area contributed by atoms with E-state index in [4.69, 9.17) is 0 Å². The van der Waals surface area contributed by atoms with Gasteiger partial charge in [-0.15, -0.1) is 0 Å². The zero-order valence-corrected chi connectivity index (χ0v) is 9.15.